The van der Waals surface area contributed by atoms with Crippen molar-refractivity contribution in [1.82, 2.24) is 10.6 Å². The molecule has 1 aromatic rings. The van der Waals surface area contributed by atoms with Gasteiger partial charge in [0.1, 0.15) is 6.61 Å². The maximum absolute atomic E-state index is 13.2. The van der Waals surface area contributed by atoms with Crippen molar-refractivity contribution in [3.63, 3.8) is 0 Å². The molecular formula is C26H38N2O4. The molecule has 2 saturated carbocycles. The fourth-order valence-electron chi connectivity index (χ4n) is 4.71. The highest BCUT2D eigenvalue weighted by molar-refractivity contribution is 5.84. The molecule has 0 bridgehead atoms. The van der Waals surface area contributed by atoms with Gasteiger partial charge in [0.15, 0.2) is 0 Å². The molecule has 2 aliphatic carbocycles. The smallest absolute Gasteiger partial charge is 0.311 e. The van der Waals surface area contributed by atoms with E-state index in [0.717, 1.165) is 56.9 Å². The molecule has 4 unspecified atom stereocenters. The molecule has 0 heterocycles. The van der Waals surface area contributed by atoms with Crippen molar-refractivity contribution in [1.29, 1.82) is 0 Å². The third-order valence-corrected chi connectivity index (χ3v) is 6.72. The van der Waals surface area contributed by atoms with Crippen molar-refractivity contribution < 1.29 is 19.1 Å². The van der Waals surface area contributed by atoms with Gasteiger partial charge >= 0.3 is 5.97 Å². The monoisotopic (exact) mass is 442 g/mol. The molecule has 6 heteroatoms. The first-order chi connectivity index (χ1) is 15.3. The van der Waals surface area contributed by atoms with Gasteiger partial charge in [-0.3, -0.25) is 14.4 Å². The molecule has 0 spiro atoms. The molecule has 0 saturated heterocycles. The molecule has 1 aromatic carbocycles. The number of benzene rings is 1. The number of amides is 2. The topological polar surface area (TPSA) is 84.5 Å². The molecule has 0 aromatic heterocycles. The highest BCUT2D eigenvalue weighted by Crippen LogP contribution is 2.29. The van der Waals surface area contributed by atoms with E-state index in [-0.39, 0.29) is 48.3 Å². The Kier molecular flexibility index (Phi) is 8.32. The number of carbonyl (C=O) groups is 3. The molecular weight excluding hydrogens is 404 g/mol. The van der Waals surface area contributed by atoms with Crippen molar-refractivity contribution in [2.75, 3.05) is 0 Å². The van der Waals surface area contributed by atoms with Gasteiger partial charge < -0.3 is 15.4 Å². The van der Waals surface area contributed by atoms with Crippen LogP contribution in [-0.2, 0) is 25.7 Å². The summed E-state index contributed by atoms with van der Waals surface area (Å²) in [5.74, 6) is -0.875. The van der Waals surface area contributed by atoms with Crippen molar-refractivity contribution in [2.24, 2.45) is 17.3 Å². The normalized spacial score (nSPS) is 26.1. The Morgan fingerprint density at radius 2 is 1.41 bits per heavy atom. The zero-order chi connectivity index (χ0) is 23.1. The first-order valence-corrected chi connectivity index (χ1v) is 12.1. The van der Waals surface area contributed by atoms with E-state index in [0.29, 0.717) is 0 Å². The summed E-state index contributed by atoms with van der Waals surface area (Å²) in [6, 6.07) is 9.28. The summed E-state index contributed by atoms with van der Waals surface area (Å²) in [5, 5.41) is 6.28. The summed E-state index contributed by atoms with van der Waals surface area (Å²) in [6.45, 7) is 5.90. The van der Waals surface area contributed by atoms with E-state index in [1.807, 2.05) is 51.1 Å². The molecule has 32 heavy (non-hydrogen) atoms. The average Bonchev–Trinajstić information content (AvgIpc) is 2.78. The Morgan fingerprint density at radius 1 is 0.844 bits per heavy atom. The van der Waals surface area contributed by atoms with Gasteiger partial charge in [-0.05, 0) is 31.2 Å². The second kappa shape index (κ2) is 11.0. The minimum Gasteiger partial charge on any atom is -0.461 e. The van der Waals surface area contributed by atoms with Crippen molar-refractivity contribution in [3.8, 4) is 0 Å². The fourth-order valence-corrected chi connectivity index (χ4v) is 4.71. The Bertz CT molecular complexity index is 787. The van der Waals surface area contributed by atoms with E-state index >= 15 is 0 Å². The number of nitrogens with one attached hydrogen (secondary N) is 2. The highest BCUT2D eigenvalue weighted by atomic mass is 16.5. The standard InChI is InChI=1S/C26H38N2O4/c1-26(2,3)25(31)28-21-15-9-7-13-19(21)23(29)27-22-16-10-8-14-20(22)24(30)32-17-18-11-5-4-6-12-18/h4-6,11-12,19-22H,7-10,13-17H2,1-3H3,(H,27,29)(H,28,31). The number of esters is 1. The van der Waals surface area contributed by atoms with Gasteiger partial charge in [0.05, 0.1) is 11.8 Å². The maximum Gasteiger partial charge on any atom is 0.311 e. The predicted molar refractivity (Wildman–Crippen MR) is 123 cm³/mol. The second-order valence-electron chi connectivity index (χ2n) is 10.3. The number of carbonyl (C=O) groups excluding carboxylic acids is 3. The summed E-state index contributed by atoms with van der Waals surface area (Å²) in [7, 11) is 0. The minimum absolute atomic E-state index is 0.0257. The minimum atomic E-state index is -0.491. The third-order valence-electron chi connectivity index (χ3n) is 6.72. The Labute approximate surface area is 191 Å². The quantitative estimate of drug-likeness (QED) is 0.649. The summed E-state index contributed by atoms with van der Waals surface area (Å²) in [6.07, 6.45) is 7.03. The molecule has 2 aliphatic rings. The molecule has 0 radical (unpaired) electrons. The third kappa shape index (κ3) is 6.57. The highest BCUT2D eigenvalue weighted by Gasteiger charge is 2.38. The maximum atomic E-state index is 13.2. The van der Waals surface area contributed by atoms with E-state index in [2.05, 4.69) is 10.6 Å². The zero-order valence-electron chi connectivity index (χ0n) is 19.7. The fraction of sp³-hybridized carbons (Fsp3) is 0.654. The van der Waals surface area contributed by atoms with Crippen LogP contribution in [0.2, 0.25) is 0 Å². The van der Waals surface area contributed by atoms with Gasteiger partial charge in [0.25, 0.3) is 0 Å². The van der Waals surface area contributed by atoms with Gasteiger partial charge in [-0.2, -0.15) is 0 Å². The Morgan fingerprint density at radius 3 is 2.03 bits per heavy atom. The SMILES string of the molecule is CC(C)(C)C(=O)NC1CCCCC1C(=O)NC1CCCCC1C(=O)OCc1ccccc1. The molecule has 176 valence electrons. The van der Waals surface area contributed by atoms with Gasteiger partial charge in [-0.15, -0.1) is 0 Å². The lowest BCUT2D eigenvalue weighted by atomic mass is 9.81. The van der Waals surface area contributed by atoms with E-state index in [1.54, 1.807) is 0 Å². The van der Waals surface area contributed by atoms with Crippen LogP contribution in [0.3, 0.4) is 0 Å². The molecule has 0 aliphatic heterocycles. The van der Waals surface area contributed by atoms with Crippen molar-refractivity contribution in [3.05, 3.63) is 35.9 Å². The van der Waals surface area contributed by atoms with E-state index in [4.69, 9.17) is 4.74 Å². The number of hydrogen-bond donors (Lipinski definition) is 2. The first kappa shape index (κ1) is 24.3. The second-order valence-corrected chi connectivity index (χ2v) is 10.3. The number of rotatable bonds is 6. The molecule has 2 fully saturated rings. The summed E-state index contributed by atoms with van der Waals surface area (Å²) in [4.78, 5) is 38.6. The summed E-state index contributed by atoms with van der Waals surface area (Å²) in [5.41, 5.74) is 0.465. The average molecular weight is 443 g/mol. The molecule has 2 N–H and O–H groups in total. The Hall–Kier alpha value is -2.37. The van der Waals surface area contributed by atoms with Crippen molar-refractivity contribution >= 4 is 17.8 Å². The Balaban J connectivity index is 1.60. The van der Waals surface area contributed by atoms with Crippen LogP contribution in [0.25, 0.3) is 0 Å². The van der Waals surface area contributed by atoms with Gasteiger partial charge in [-0.25, -0.2) is 0 Å². The molecule has 2 amide bonds. The van der Waals surface area contributed by atoms with Crippen LogP contribution in [0.1, 0.15) is 77.7 Å². The lowest BCUT2D eigenvalue weighted by Gasteiger charge is -2.36. The van der Waals surface area contributed by atoms with Gasteiger partial charge in [0.2, 0.25) is 11.8 Å². The van der Waals surface area contributed by atoms with Gasteiger partial charge in [-0.1, -0.05) is 76.8 Å². The summed E-state index contributed by atoms with van der Waals surface area (Å²) < 4.78 is 5.59. The first-order valence-electron chi connectivity index (χ1n) is 12.1. The van der Waals surface area contributed by atoms with Crippen LogP contribution < -0.4 is 10.6 Å². The van der Waals surface area contributed by atoms with Crippen LogP contribution in [0, 0.1) is 17.3 Å². The van der Waals surface area contributed by atoms with Gasteiger partial charge in [0, 0.05) is 17.5 Å². The summed E-state index contributed by atoms with van der Waals surface area (Å²) >= 11 is 0. The van der Waals surface area contributed by atoms with Crippen molar-refractivity contribution in [2.45, 2.75) is 90.8 Å². The predicted octanol–water partition coefficient (Wildman–Crippen LogP) is 4.13. The lowest BCUT2D eigenvalue weighted by molar-refractivity contribution is -0.152. The van der Waals surface area contributed by atoms with E-state index in [1.165, 1.54) is 0 Å². The molecule has 6 nitrogen and oxygen atoms in total. The van der Waals surface area contributed by atoms with E-state index < -0.39 is 5.41 Å². The number of hydrogen-bond acceptors (Lipinski definition) is 4. The zero-order valence-corrected chi connectivity index (χ0v) is 19.7. The molecule has 4 atom stereocenters. The van der Waals surface area contributed by atoms with Crippen LogP contribution in [0.5, 0.6) is 0 Å². The molecule has 3 rings (SSSR count). The van der Waals surface area contributed by atoms with E-state index in [9.17, 15) is 14.4 Å². The van der Waals surface area contributed by atoms with Crippen LogP contribution in [0.4, 0.5) is 0 Å². The van der Waals surface area contributed by atoms with Crippen LogP contribution >= 0.6 is 0 Å². The lowest BCUT2D eigenvalue weighted by Crippen LogP contribution is -2.54. The van der Waals surface area contributed by atoms with Crippen LogP contribution in [0.15, 0.2) is 30.3 Å². The number of ether oxygens (including phenoxy) is 1. The largest absolute Gasteiger partial charge is 0.461 e. The van der Waals surface area contributed by atoms with Crippen LogP contribution in [-0.4, -0.2) is 29.9 Å².